The van der Waals surface area contributed by atoms with Crippen LogP contribution in [0.5, 0.6) is 0 Å². The van der Waals surface area contributed by atoms with E-state index in [1.165, 1.54) is 20.9 Å². The summed E-state index contributed by atoms with van der Waals surface area (Å²) in [6, 6.07) is 11.0. The molecule has 3 heterocycles. The van der Waals surface area contributed by atoms with Gasteiger partial charge in [0.05, 0.1) is 36.0 Å². The molecule has 1 amide bonds. The molecule has 4 rings (SSSR count). The number of hydrogen-bond acceptors (Lipinski definition) is 4. The average molecular weight is 466 g/mol. The smallest absolute Gasteiger partial charge is 0.370 e. The molecule has 0 atom stereocenters. The molecule has 1 fully saturated rings. The quantitative estimate of drug-likeness (QED) is 0.528. The van der Waals surface area contributed by atoms with Gasteiger partial charge in [-0.1, -0.05) is 6.07 Å². The SMILES string of the molecule is O=C(NCCC[NH+]1CCOCC1)c1ccc(-n2nc(C(F)(F)F)cc2-c2cccs2)cc1. The third kappa shape index (κ3) is 5.37. The van der Waals surface area contributed by atoms with Crippen LogP contribution >= 0.6 is 11.3 Å². The van der Waals surface area contributed by atoms with E-state index in [0.717, 1.165) is 45.3 Å². The number of alkyl halides is 3. The predicted octanol–water partition coefficient (Wildman–Crippen LogP) is 2.65. The summed E-state index contributed by atoms with van der Waals surface area (Å²) in [6.45, 7) is 5.10. The summed E-state index contributed by atoms with van der Waals surface area (Å²) in [4.78, 5) is 14.6. The van der Waals surface area contributed by atoms with Gasteiger partial charge in [-0.25, -0.2) is 4.68 Å². The van der Waals surface area contributed by atoms with Crippen molar-refractivity contribution in [3.63, 3.8) is 0 Å². The number of morpholine rings is 1. The first-order valence-electron chi connectivity index (χ1n) is 10.4. The number of thiophene rings is 1. The molecule has 3 aromatic rings. The maximum absolute atomic E-state index is 13.2. The van der Waals surface area contributed by atoms with Gasteiger partial charge < -0.3 is 15.0 Å². The maximum atomic E-state index is 13.2. The minimum atomic E-state index is -4.54. The first kappa shape index (κ1) is 22.5. The Morgan fingerprint density at radius 3 is 2.59 bits per heavy atom. The molecule has 2 aromatic heterocycles. The van der Waals surface area contributed by atoms with Crippen LogP contribution in [0.1, 0.15) is 22.5 Å². The normalized spacial score (nSPS) is 15.1. The Hall–Kier alpha value is -2.69. The van der Waals surface area contributed by atoms with Gasteiger partial charge in [0.15, 0.2) is 5.69 Å². The van der Waals surface area contributed by atoms with Crippen LogP contribution in [0.2, 0.25) is 0 Å². The van der Waals surface area contributed by atoms with E-state index >= 15 is 0 Å². The number of carbonyl (C=O) groups excluding carboxylic acids is 1. The molecular formula is C22H24F3N4O2S+. The van der Waals surface area contributed by atoms with Gasteiger partial charge in [0, 0.05) is 18.5 Å². The maximum Gasteiger partial charge on any atom is 0.435 e. The molecule has 6 nitrogen and oxygen atoms in total. The zero-order chi connectivity index (χ0) is 22.6. The number of rotatable bonds is 7. The predicted molar refractivity (Wildman–Crippen MR) is 115 cm³/mol. The fraction of sp³-hybridized carbons (Fsp3) is 0.364. The topological polar surface area (TPSA) is 60.6 Å². The van der Waals surface area contributed by atoms with Gasteiger partial charge in [0.1, 0.15) is 13.1 Å². The molecule has 10 heteroatoms. The van der Waals surface area contributed by atoms with Crippen LogP contribution < -0.4 is 10.2 Å². The number of amides is 1. The fourth-order valence-electron chi connectivity index (χ4n) is 3.62. The van der Waals surface area contributed by atoms with Gasteiger partial charge in [-0.3, -0.25) is 4.79 Å². The van der Waals surface area contributed by atoms with Crippen molar-refractivity contribution in [3.05, 3.63) is 59.1 Å². The Kier molecular flexibility index (Phi) is 6.92. The van der Waals surface area contributed by atoms with E-state index in [0.29, 0.717) is 28.4 Å². The van der Waals surface area contributed by atoms with Gasteiger partial charge in [-0.2, -0.15) is 18.3 Å². The molecule has 32 heavy (non-hydrogen) atoms. The average Bonchev–Trinajstić information content (AvgIpc) is 3.47. The van der Waals surface area contributed by atoms with Crippen molar-refractivity contribution < 1.29 is 27.6 Å². The van der Waals surface area contributed by atoms with Crippen molar-refractivity contribution in [2.45, 2.75) is 12.6 Å². The molecule has 2 N–H and O–H groups in total. The minimum absolute atomic E-state index is 0.205. The van der Waals surface area contributed by atoms with Crippen LogP contribution in [0.25, 0.3) is 16.3 Å². The summed E-state index contributed by atoms with van der Waals surface area (Å²) in [6.07, 6.45) is -3.67. The lowest BCUT2D eigenvalue weighted by atomic mass is 10.2. The second-order valence-electron chi connectivity index (χ2n) is 7.57. The number of aromatic nitrogens is 2. The Bertz CT molecular complexity index is 1030. The van der Waals surface area contributed by atoms with E-state index in [9.17, 15) is 18.0 Å². The largest absolute Gasteiger partial charge is 0.435 e. The van der Waals surface area contributed by atoms with E-state index in [1.807, 2.05) is 0 Å². The lowest BCUT2D eigenvalue weighted by molar-refractivity contribution is -0.908. The first-order chi connectivity index (χ1) is 15.4. The Balaban J connectivity index is 1.42. The molecular weight excluding hydrogens is 441 g/mol. The van der Waals surface area contributed by atoms with Crippen molar-refractivity contribution in [3.8, 4) is 16.3 Å². The molecule has 1 saturated heterocycles. The molecule has 0 saturated carbocycles. The van der Waals surface area contributed by atoms with Gasteiger partial charge >= 0.3 is 6.18 Å². The summed E-state index contributed by atoms with van der Waals surface area (Å²) in [5.41, 5.74) is 0.310. The Labute approximate surface area is 187 Å². The third-order valence-electron chi connectivity index (χ3n) is 5.34. The van der Waals surface area contributed by atoms with Crippen LogP contribution in [-0.4, -0.2) is 55.1 Å². The molecule has 1 aliphatic rings. The summed E-state index contributed by atoms with van der Waals surface area (Å²) in [5.74, 6) is -0.205. The summed E-state index contributed by atoms with van der Waals surface area (Å²) in [7, 11) is 0. The lowest BCUT2D eigenvalue weighted by Crippen LogP contribution is -3.14. The van der Waals surface area contributed by atoms with Gasteiger partial charge in [-0.05, 0) is 41.8 Å². The number of ether oxygens (including phenoxy) is 1. The van der Waals surface area contributed by atoms with E-state index in [4.69, 9.17) is 4.74 Å². The van der Waals surface area contributed by atoms with Crippen LogP contribution in [0.15, 0.2) is 47.8 Å². The number of nitrogens with zero attached hydrogens (tertiary/aromatic N) is 2. The highest BCUT2D eigenvalue weighted by molar-refractivity contribution is 7.13. The molecule has 1 aliphatic heterocycles. The van der Waals surface area contributed by atoms with Gasteiger partial charge in [-0.15, -0.1) is 11.3 Å². The number of nitrogens with one attached hydrogen (secondary N) is 2. The summed E-state index contributed by atoms with van der Waals surface area (Å²) < 4.78 is 46.3. The molecule has 0 unspecified atom stereocenters. The van der Waals surface area contributed by atoms with Crippen LogP contribution in [0.4, 0.5) is 13.2 Å². The lowest BCUT2D eigenvalue weighted by Gasteiger charge is -2.23. The molecule has 0 spiro atoms. The first-order valence-corrected chi connectivity index (χ1v) is 11.3. The van der Waals surface area contributed by atoms with Gasteiger partial charge in [0.25, 0.3) is 5.91 Å². The van der Waals surface area contributed by atoms with Crippen LogP contribution in [0, 0.1) is 0 Å². The molecule has 0 radical (unpaired) electrons. The Morgan fingerprint density at radius 2 is 1.94 bits per heavy atom. The van der Waals surface area contributed by atoms with E-state index in [2.05, 4.69) is 10.4 Å². The minimum Gasteiger partial charge on any atom is -0.370 e. The highest BCUT2D eigenvalue weighted by Gasteiger charge is 2.35. The van der Waals surface area contributed by atoms with Crippen molar-refractivity contribution in [1.82, 2.24) is 15.1 Å². The van der Waals surface area contributed by atoms with Gasteiger partial charge in [0.2, 0.25) is 0 Å². The molecule has 0 aliphatic carbocycles. The summed E-state index contributed by atoms with van der Waals surface area (Å²) >= 11 is 1.34. The molecule has 0 bridgehead atoms. The molecule has 1 aromatic carbocycles. The van der Waals surface area contributed by atoms with Crippen LogP contribution in [-0.2, 0) is 10.9 Å². The standard InChI is InChI=1S/C22H23F3N4O2S/c23-22(24,25)20-15-18(19-3-1-14-32-19)29(27-20)17-6-4-16(5-7-17)21(30)26-8-2-9-28-10-12-31-13-11-28/h1,3-7,14-15H,2,8-13H2,(H,26,30)/p+1. The Morgan fingerprint density at radius 1 is 1.19 bits per heavy atom. The number of hydrogen-bond donors (Lipinski definition) is 2. The second kappa shape index (κ2) is 9.85. The third-order valence-corrected chi connectivity index (χ3v) is 6.23. The van der Waals surface area contributed by atoms with Crippen molar-refractivity contribution in [2.75, 3.05) is 39.4 Å². The zero-order valence-electron chi connectivity index (χ0n) is 17.3. The van der Waals surface area contributed by atoms with E-state index in [-0.39, 0.29) is 5.91 Å². The van der Waals surface area contributed by atoms with Crippen molar-refractivity contribution in [1.29, 1.82) is 0 Å². The number of benzene rings is 1. The fourth-order valence-corrected chi connectivity index (χ4v) is 4.35. The van der Waals surface area contributed by atoms with E-state index in [1.54, 1.807) is 41.8 Å². The number of carbonyl (C=O) groups is 1. The highest BCUT2D eigenvalue weighted by Crippen LogP contribution is 2.34. The number of halogens is 3. The monoisotopic (exact) mass is 465 g/mol. The second-order valence-corrected chi connectivity index (χ2v) is 8.52. The molecule has 170 valence electrons. The number of quaternary nitrogens is 1. The highest BCUT2D eigenvalue weighted by atomic mass is 32.1. The zero-order valence-corrected chi connectivity index (χ0v) is 18.1. The van der Waals surface area contributed by atoms with Crippen molar-refractivity contribution >= 4 is 17.2 Å². The summed E-state index contributed by atoms with van der Waals surface area (Å²) in [5, 5.41) is 8.48. The van der Waals surface area contributed by atoms with E-state index < -0.39 is 11.9 Å². The van der Waals surface area contributed by atoms with Crippen LogP contribution in [0.3, 0.4) is 0 Å². The van der Waals surface area contributed by atoms with Crippen molar-refractivity contribution in [2.24, 2.45) is 0 Å².